The maximum absolute atomic E-state index is 9.58. The van der Waals surface area contributed by atoms with Gasteiger partial charge in [0.05, 0.1) is 6.10 Å². The number of benzene rings is 1. The highest BCUT2D eigenvalue weighted by Crippen LogP contribution is 2.06. The fraction of sp³-hybridized carbons (Fsp3) is 0.333. The Kier molecular flexibility index (Phi) is 4.36. The van der Waals surface area contributed by atoms with Crippen LogP contribution in [-0.4, -0.2) is 17.3 Å². The van der Waals surface area contributed by atoms with Gasteiger partial charge in [0.2, 0.25) is 0 Å². The third kappa shape index (κ3) is 3.32. The van der Waals surface area contributed by atoms with E-state index in [9.17, 15) is 5.11 Å². The topological polar surface area (TPSA) is 46.2 Å². The summed E-state index contributed by atoms with van der Waals surface area (Å²) in [6, 6.07) is 9.73. The second-order valence-corrected chi connectivity index (χ2v) is 3.45. The largest absolute Gasteiger partial charge is 0.391 e. The van der Waals surface area contributed by atoms with Crippen molar-refractivity contribution in [3.05, 3.63) is 48.6 Å². The van der Waals surface area contributed by atoms with E-state index in [0.717, 1.165) is 5.56 Å². The summed E-state index contributed by atoms with van der Waals surface area (Å²) in [4.78, 5) is 0. The van der Waals surface area contributed by atoms with Gasteiger partial charge in [0.25, 0.3) is 0 Å². The highest BCUT2D eigenvalue weighted by atomic mass is 16.3. The number of hydrogen-bond donors (Lipinski definition) is 2. The standard InChI is InChI=1S/C12H17NO/c1-2-6-12(14)11(13)9-10-7-4-3-5-8-10/h2-5,7-8,11-12,14H,1,6,9,13H2/t11-,12+/m0/s1. The lowest BCUT2D eigenvalue weighted by Crippen LogP contribution is -2.36. The van der Waals surface area contributed by atoms with Crippen molar-refractivity contribution in [3.8, 4) is 0 Å². The van der Waals surface area contributed by atoms with Crippen LogP contribution in [0.2, 0.25) is 0 Å². The second-order valence-electron chi connectivity index (χ2n) is 3.45. The van der Waals surface area contributed by atoms with Gasteiger partial charge < -0.3 is 10.8 Å². The zero-order valence-corrected chi connectivity index (χ0v) is 8.26. The van der Waals surface area contributed by atoms with Crippen LogP contribution in [0.25, 0.3) is 0 Å². The van der Waals surface area contributed by atoms with Crippen LogP contribution in [0.3, 0.4) is 0 Å². The van der Waals surface area contributed by atoms with Gasteiger partial charge in [0, 0.05) is 6.04 Å². The Morgan fingerprint density at radius 2 is 2.00 bits per heavy atom. The first kappa shape index (κ1) is 11.0. The van der Waals surface area contributed by atoms with E-state index in [4.69, 9.17) is 5.73 Å². The van der Waals surface area contributed by atoms with Crippen molar-refractivity contribution < 1.29 is 5.11 Å². The minimum atomic E-state index is -0.493. The van der Waals surface area contributed by atoms with E-state index in [-0.39, 0.29) is 6.04 Å². The van der Waals surface area contributed by atoms with E-state index in [1.165, 1.54) is 0 Å². The Morgan fingerprint density at radius 1 is 1.36 bits per heavy atom. The van der Waals surface area contributed by atoms with Gasteiger partial charge in [-0.15, -0.1) is 6.58 Å². The van der Waals surface area contributed by atoms with Crippen LogP contribution in [0.4, 0.5) is 0 Å². The van der Waals surface area contributed by atoms with Crippen LogP contribution in [0.5, 0.6) is 0 Å². The minimum absolute atomic E-state index is 0.213. The Hall–Kier alpha value is -1.12. The molecule has 0 saturated carbocycles. The first-order chi connectivity index (χ1) is 6.74. The first-order valence-electron chi connectivity index (χ1n) is 4.82. The van der Waals surface area contributed by atoms with Crippen LogP contribution < -0.4 is 5.73 Å². The van der Waals surface area contributed by atoms with Crippen LogP contribution in [0, 0.1) is 0 Å². The van der Waals surface area contributed by atoms with Crippen molar-refractivity contribution in [1.82, 2.24) is 0 Å². The monoisotopic (exact) mass is 191 g/mol. The van der Waals surface area contributed by atoms with Gasteiger partial charge in [-0.3, -0.25) is 0 Å². The molecule has 1 rings (SSSR count). The lowest BCUT2D eigenvalue weighted by Gasteiger charge is -2.17. The van der Waals surface area contributed by atoms with Crippen LogP contribution >= 0.6 is 0 Å². The number of hydrogen-bond acceptors (Lipinski definition) is 2. The summed E-state index contributed by atoms with van der Waals surface area (Å²) in [5.74, 6) is 0. The molecular weight excluding hydrogens is 174 g/mol. The number of rotatable bonds is 5. The van der Waals surface area contributed by atoms with Crippen molar-refractivity contribution in [1.29, 1.82) is 0 Å². The van der Waals surface area contributed by atoms with E-state index < -0.39 is 6.10 Å². The van der Waals surface area contributed by atoms with Gasteiger partial charge in [-0.2, -0.15) is 0 Å². The molecule has 14 heavy (non-hydrogen) atoms. The number of nitrogens with two attached hydrogens (primary N) is 1. The maximum Gasteiger partial charge on any atom is 0.0728 e. The summed E-state index contributed by atoms with van der Waals surface area (Å²) < 4.78 is 0. The van der Waals surface area contributed by atoms with E-state index in [1.807, 2.05) is 30.3 Å². The normalized spacial score (nSPS) is 14.7. The van der Waals surface area contributed by atoms with Crippen molar-refractivity contribution >= 4 is 0 Å². The Balaban J connectivity index is 2.48. The van der Waals surface area contributed by atoms with Gasteiger partial charge in [-0.1, -0.05) is 36.4 Å². The molecular formula is C12H17NO. The van der Waals surface area contributed by atoms with Gasteiger partial charge in [-0.25, -0.2) is 0 Å². The van der Waals surface area contributed by atoms with Crippen molar-refractivity contribution in [2.75, 3.05) is 0 Å². The predicted molar refractivity (Wildman–Crippen MR) is 58.9 cm³/mol. The average Bonchev–Trinajstić information content (AvgIpc) is 2.19. The molecule has 3 N–H and O–H groups in total. The molecule has 0 unspecified atom stereocenters. The third-order valence-electron chi connectivity index (χ3n) is 2.22. The summed E-state index contributed by atoms with van der Waals surface area (Å²) in [7, 11) is 0. The first-order valence-corrected chi connectivity index (χ1v) is 4.82. The summed E-state index contributed by atoms with van der Waals surface area (Å²) in [6.07, 6.45) is 2.45. The zero-order chi connectivity index (χ0) is 10.4. The molecule has 1 aromatic carbocycles. The van der Waals surface area contributed by atoms with Crippen LogP contribution in [-0.2, 0) is 6.42 Å². The molecule has 0 aliphatic carbocycles. The van der Waals surface area contributed by atoms with Gasteiger partial charge in [0.15, 0.2) is 0 Å². The quantitative estimate of drug-likeness (QED) is 0.693. The number of aliphatic hydroxyl groups excluding tert-OH is 1. The van der Waals surface area contributed by atoms with Crippen LogP contribution in [0.1, 0.15) is 12.0 Å². The fourth-order valence-electron chi connectivity index (χ4n) is 1.37. The molecule has 2 heteroatoms. The van der Waals surface area contributed by atoms with E-state index in [1.54, 1.807) is 6.08 Å². The fourth-order valence-corrected chi connectivity index (χ4v) is 1.37. The molecule has 2 nitrogen and oxygen atoms in total. The molecule has 0 radical (unpaired) electrons. The molecule has 1 aromatic rings. The Labute approximate surface area is 85.1 Å². The van der Waals surface area contributed by atoms with E-state index >= 15 is 0 Å². The summed E-state index contributed by atoms with van der Waals surface area (Å²) >= 11 is 0. The second kappa shape index (κ2) is 5.58. The average molecular weight is 191 g/mol. The molecule has 2 atom stereocenters. The van der Waals surface area contributed by atoms with Crippen molar-refractivity contribution in [2.45, 2.75) is 25.0 Å². The van der Waals surface area contributed by atoms with E-state index in [0.29, 0.717) is 12.8 Å². The lowest BCUT2D eigenvalue weighted by atomic mass is 10.0. The highest BCUT2D eigenvalue weighted by Gasteiger charge is 2.13. The maximum atomic E-state index is 9.58. The predicted octanol–water partition coefficient (Wildman–Crippen LogP) is 1.49. The molecule has 0 aliphatic heterocycles. The van der Waals surface area contributed by atoms with Gasteiger partial charge in [0.1, 0.15) is 0 Å². The van der Waals surface area contributed by atoms with Gasteiger partial charge >= 0.3 is 0 Å². The molecule has 0 saturated heterocycles. The molecule has 0 fully saturated rings. The molecule has 0 heterocycles. The van der Waals surface area contributed by atoms with Crippen LogP contribution in [0.15, 0.2) is 43.0 Å². The minimum Gasteiger partial charge on any atom is -0.391 e. The molecule has 0 aliphatic rings. The van der Waals surface area contributed by atoms with Crippen molar-refractivity contribution in [3.63, 3.8) is 0 Å². The third-order valence-corrected chi connectivity index (χ3v) is 2.22. The molecule has 0 spiro atoms. The summed E-state index contributed by atoms with van der Waals surface area (Å²) in [5, 5.41) is 9.58. The smallest absolute Gasteiger partial charge is 0.0728 e. The molecule has 0 aromatic heterocycles. The molecule has 0 amide bonds. The van der Waals surface area contributed by atoms with Gasteiger partial charge in [-0.05, 0) is 18.4 Å². The highest BCUT2D eigenvalue weighted by molar-refractivity contribution is 5.16. The number of aliphatic hydroxyl groups is 1. The zero-order valence-electron chi connectivity index (χ0n) is 8.26. The summed E-state index contributed by atoms with van der Waals surface area (Å²) in [5.41, 5.74) is 6.99. The molecule has 0 bridgehead atoms. The Morgan fingerprint density at radius 3 is 2.57 bits per heavy atom. The lowest BCUT2D eigenvalue weighted by molar-refractivity contribution is 0.147. The Bertz CT molecular complexity index is 271. The van der Waals surface area contributed by atoms with E-state index in [2.05, 4.69) is 6.58 Å². The molecule has 76 valence electrons. The summed E-state index contributed by atoms with van der Waals surface area (Å²) in [6.45, 7) is 3.57. The van der Waals surface area contributed by atoms with Crippen molar-refractivity contribution in [2.24, 2.45) is 5.73 Å². The SMILES string of the molecule is C=CC[C@@H](O)[C@@H](N)Cc1ccccc1.